The van der Waals surface area contributed by atoms with Crippen LogP contribution in [0.25, 0.3) is 6.08 Å². The highest BCUT2D eigenvalue weighted by atomic mass is 32.2. The van der Waals surface area contributed by atoms with Crippen LogP contribution < -0.4 is 0 Å². The molecular formula is C18H15NOS. The largest absolute Gasteiger partial charge is 0.284 e. The number of hydrogen-bond acceptors (Lipinski definition) is 2. The Balaban J connectivity index is 1.84. The molecule has 2 nitrogen and oxygen atoms in total. The van der Waals surface area contributed by atoms with Crippen molar-refractivity contribution in [3.05, 3.63) is 75.7 Å². The number of amides is 1. The lowest BCUT2D eigenvalue weighted by Gasteiger charge is -2.00. The van der Waals surface area contributed by atoms with Gasteiger partial charge in [0.1, 0.15) is 5.04 Å². The van der Waals surface area contributed by atoms with Crippen molar-refractivity contribution in [3.63, 3.8) is 0 Å². The van der Waals surface area contributed by atoms with Gasteiger partial charge in [0, 0.05) is 5.56 Å². The van der Waals surface area contributed by atoms with Crippen molar-refractivity contribution < 1.29 is 4.79 Å². The number of benzene rings is 2. The number of rotatable bonds is 2. The summed E-state index contributed by atoms with van der Waals surface area (Å²) in [6.07, 6.45) is 1.90. The second kappa shape index (κ2) is 5.70. The average molecular weight is 293 g/mol. The van der Waals surface area contributed by atoms with Crippen molar-refractivity contribution in [3.8, 4) is 0 Å². The summed E-state index contributed by atoms with van der Waals surface area (Å²) in [5.74, 6) is -0.156. The first-order chi connectivity index (χ1) is 10.1. The minimum absolute atomic E-state index is 0.156. The molecule has 0 saturated carbocycles. The summed E-state index contributed by atoms with van der Waals surface area (Å²) >= 11 is 1.44. The molecule has 0 spiro atoms. The third-order valence-corrected chi connectivity index (χ3v) is 4.33. The number of aryl methyl sites for hydroxylation is 2. The van der Waals surface area contributed by atoms with Gasteiger partial charge in [0.25, 0.3) is 5.91 Å². The van der Waals surface area contributed by atoms with Gasteiger partial charge in [-0.3, -0.25) is 4.79 Å². The molecule has 0 bridgehead atoms. The smallest absolute Gasteiger partial charge is 0.266 e. The molecule has 0 aliphatic carbocycles. The van der Waals surface area contributed by atoms with E-state index < -0.39 is 0 Å². The summed E-state index contributed by atoms with van der Waals surface area (Å²) in [7, 11) is 0. The van der Waals surface area contributed by atoms with E-state index in [2.05, 4.69) is 4.99 Å². The first-order valence-corrected chi connectivity index (χ1v) is 7.60. The Kier molecular flexibility index (Phi) is 3.76. The van der Waals surface area contributed by atoms with E-state index in [1.54, 1.807) is 0 Å². The van der Waals surface area contributed by atoms with Crippen LogP contribution in [-0.2, 0) is 4.79 Å². The number of hydrogen-bond donors (Lipinski definition) is 0. The molecule has 0 unspecified atom stereocenters. The summed E-state index contributed by atoms with van der Waals surface area (Å²) < 4.78 is 0. The van der Waals surface area contributed by atoms with Gasteiger partial charge in [0.2, 0.25) is 0 Å². The lowest BCUT2D eigenvalue weighted by Crippen LogP contribution is -1.90. The highest BCUT2D eigenvalue weighted by molar-refractivity contribution is 8.19. The van der Waals surface area contributed by atoms with Crippen LogP contribution in [0.3, 0.4) is 0 Å². The monoisotopic (exact) mass is 293 g/mol. The third-order valence-electron chi connectivity index (χ3n) is 3.29. The van der Waals surface area contributed by atoms with Crippen LogP contribution >= 0.6 is 11.8 Å². The molecule has 0 atom stereocenters. The van der Waals surface area contributed by atoms with Crippen LogP contribution in [0.4, 0.5) is 0 Å². The van der Waals surface area contributed by atoms with Gasteiger partial charge in [-0.05, 0) is 25.5 Å². The Bertz CT molecular complexity index is 740. The van der Waals surface area contributed by atoms with Crippen LogP contribution in [0, 0.1) is 13.8 Å². The quantitative estimate of drug-likeness (QED) is 0.770. The minimum Gasteiger partial charge on any atom is -0.266 e. The minimum atomic E-state index is -0.156. The van der Waals surface area contributed by atoms with E-state index in [1.165, 1.54) is 22.9 Å². The van der Waals surface area contributed by atoms with E-state index in [1.807, 2.05) is 68.5 Å². The van der Waals surface area contributed by atoms with E-state index >= 15 is 0 Å². The molecule has 0 aromatic heterocycles. The predicted octanol–water partition coefficient (Wildman–Crippen LogP) is 4.36. The topological polar surface area (TPSA) is 29.4 Å². The molecule has 21 heavy (non-hydrogen) atoms. The Morgan fingerprint density at radius 3 is 2.10 bits per heavy atom. The molecule has 2 aromatic rings. The molecule has 2 aromatic carbocycles. The van der Waals surface area contributed by atoms with Gasteiger partial charge in [-0.2, -0.15) is 0 Å². The summed E-state index contributed by atoms with van der Waals surface area (Å²) in [6.45, 7) is 4.09. The van der Waals surface area contributed by atoms with Crippen molar-refractivity contribution in [2.75, 3.05) is 0 Å². The lowest BCUT2D eigenvalue weighted by atomic mass is 10.1. The van der Waals surface area contributed by atoms with Crippen LogP contribution in [0.1, 0.15) is 22.3 Å². The summed E-state index contributed by atoms with van der Waals surface area (Å²) in [5.41, 5.74) is 4.42. The van der Waals surface area contributed by atoms with E-state index in [4.69, 9.17) is 0 Å². The predicted molar refractivity (Wildman–Crippen MR) is 89.5 cm³/mol. The fourth-order valence-corrected chi connectivity index (χ4v) is 2.96. The molecule has 3 rings (SSSR count). The molecule has 1 aliphatic heterocycles. The molecule has 1 heterocycles. The van der Waals surface area contributed by atoms with Gasteiger partial charge in [-0.25, -0.2) is 4.99 Å². The highest BCUT2D eigenvalue weighted by Gasteiger charge is 2.22. The van der Waals surface area contributed by atoms with Crippen molar-refractivity contribution in [1.29, 1.82) is 0 Å². The zero-order valence-corrected chi connectivity index (χ0v) is 12.8. The summed E-state index contributed by atoms with van der Waals surface area (Å²) in [6, 6.07) is 16.2. The van der Waals surface area contributed by atoms with Crippen molar-refractivity contribution >= 4 is 28.8 Å². The molecule has 3 heteroatoms. The van der Waals surface area contributed by atoms with Crippen LogP contribution in [-0.4, -0.2) is 11.0 Å². The van der Waals surface area contributed by atoms with Gasteiger partial charge >= 0.3 is 0 Å². The highest BCUT2D eigenvalue weighted by Crippen LogP contribution is 2.31. The Morgan fingerprint density at radius 2 is 1.48 bits per heavy atom. The maximum atomic E-state index is 12.0. The zero-order valence-electron chi connectivity index (χ0n) is 12.0. The number of aliphatic imine (C=N–C) groups is 1. The van der Waals surface area contributed by atoms with E-state index in [9.17, 15) is 4.79 Å². The van der Waals surface area contributed by atoms with Gasteiger partial charge < -0.3 is 0 Å². The Labute approximate surface area is 128 Å². The van der Waals surface area contributed by atoms with Gasteiger partial charge in [-0.15, -0.1) is 0 Å². The standard InChI is InChI=1S/C18H15NOS/c1-12-3-7-14(8-4-12)11-16-17(20)19-18(21-16)15-9-5-13(2)6-10-15/h3-11H,1-2H3/b16-11-. The number of carbonyl (C=O) groups is 1. The number of nitrogens with zero attached hydrogens (tertiary/aromatic N) is 1. The van der Waals surface area contributed by atoms with Crippen molar-refractivity contribution in [1.82, 2.24) is 0 Å². The fraction of sp³-hybridized carbons (Fsp3) is 0.111. The molecule has 0 radical (unpaired) electrons. The fourth-order valence-electron chi connectivity index (χ4n) is 2.04. The molecule has 0 saturated heterocycles. The maximum Gasteiger partial charge on any atom is 0.284 e. The molecule has 0 fully saturated rings. The third kappa shape index (κ3) is 3.14. The zero-order chi connectivity index (χ0) is 14.8. The first-order valence-electron chi connectivity index (χ1n) is 6.78. The normalized spacial score (nSPS) is 16.4. The van der Waals surface area contributed by atoms with Gasteiger partial charge in [-0.1, -0.05) is 71.4 Å². The molecular weight excluding hydrogens is 278 g/mol. The maximum absolute atomic E-state index is 12.0. The van der Waals surface area contributed by atoms with Gasteiger partial charge in [0.15, 0.2) is 0 Å². The second-order valence-electron chi connectivity index (χ2n) is 5.11. The number of carbonyl (C=O) groups excluding carboxylic acids is 1. The summed E-state index contributed by atoms with van der Waals surface area (Å²) in [4.78, 5) is 16.9. The van der Waals surface area contributed by atoms with E-state index in [-0.39, 0.29) is 5.91 Å². The summed E-state index contributed by atoms with van der Waals surface area (Å²) in [5, 5.41) is 0.776. The Hall–Kier alpha value is -2.13. The average Bonchev–Trinajstić information content (AvgIpc) is 2.83. The molecule has 1 aliphatic rings. The molecule has 1 amide bonds. The first kappa shape index (κ1) is 13.8. The van der Waals surface area contributed by atoms with Crippen molar-refractivity contribution in [2.45, 2.75) is 13.8 Å². The van der Waals surface area contributed by atoms with Crippen LogP contribution in [0.15, 0.2) is 58.4 Å². The lowest BCUT2D eigenvalue weighted by molar-refractivity contribution is -0.113. The Morgan fingerprint density at radius 1 is 0.905 bits per heavy atom. The molecule has 104 valence electrons. The molecule has 0 N–H and O–H groups in total. The number of thioether (sulfide) groups is 1. The van der Waals surface area contributed by atoms with Crippen LogP contribution in [0.5, 0.6) is 0 Å². The van der Waals surface area contributed by atoms with Crippen molar-refractivity contribution in [2.24, 2.45) is 4.99 Å². The van der Waals surface area contributed by atoms with E-state index in [0.29, 0.717) is 4.91 Å². The van der Waals surface area contributed by atoms with Gasteiger partial charge in [0.05, 0.1) is 4.91 Å². The SMILES string of the molecule is Cc1ccc(/C=C2\SC(c3ccc(C)cc3)=NC2=O)cc1. The van der Waals surface area contributed by atoms with E-state index in [0.717, 1.165) is 16.2 Å². The van der Waals surface area contributed by atoms with Crippen LogP contribution in [0.2, 0.25) is 0 Å². The second-order valence-corrected chi connectivity index (χ2v) is 6.14.